The predicted octanol–water partition coefficient (Wildman–Crippen LogP) is 3.26. The Balaban J connectivity index is 1.86. The Kier molecular flexibility index (Phi) is 3.78. The van der Waals surface area contributed by atoms with E-state index in [-0.39, 0.29) is 5.91 Å². The molecule has 2 heterocycles. The summed E-state index contributed by atoms with van der Waals surface area (Å²) in [5, 5.41) is 0. The highest BCUT2D eigenvalue weighted by Crippen LogP contribution is 2.41. The largest absolute Gasteiger partial charge is 0.495 e. The van der Waals surface area contributed by atoms with Crippen LogP contribution < -0.4 is 4.74 Å². The molecule has 19 heavy (non-hydrogen) atoms. The van der Waals surface area contributed by atoms with Crippen LogP contribution in [0.15, 0.2) is 0 Å². The van der Waals surface area contributed by atoms with Gasteiger partial charge in [-0.15, -0.1) is 11.3 Å². The van der Waals surface area contributed by atoms with Crippen LogP contribution in [0.2, 0.25) is 0 Å². The van der Waals surface area contributed by atoms with Gasteiger partial charge < -0.3 is 9.64 Å². The SMILES string of the molecule is COc1c(C(=O)N2CCCCCC2)sc2c1CCC2. The van der Waals surface area contributed by atoms with Crippen LogP contribution in [0.5, 0.6) is 5.75 Å². The summed E-state index contributed by atoms with van der Waals surface area (Å²) in [6, 6.07) is 0. The normalized spacial score (nSPS) is 19.1. The number of rotatable bonds is 2. The fourth-order valence-corrected chi connectivity index (χ4v) is 4.48. The van der Waals surface area contributed by atoms with Gasteiger partial charge in [0, 0.05) is 23.5 Å². The Morgan fingerprint density at radius 1 is 1.11 bits per heavy atom. The molecule has 1 fully saturated rings. The lowest BCUT2D eigenvalue weighted by Crippen LogP contribution is -2.31. The second-order valence-corrected chi connectivity index (χ2v) is 6.53. The van der Waals surface area contributed by atoms with E-state index in [1.54, 1.807) is 18.4 Å². The number of likely N-dealkylation sites (tertiary alicyclic amines) is 1. The molecule has 0 spiro atoms. The molecule has 0 saturated carbocycles. The van der Waals surface area contributed by atoms with Gasteiger partial charge in [-0.05, 0) is 32.1 Å². The Bertz CT molecular complexity index is 473. The van der Waals surface area contributed by atoms with E-state index >= 15 is 0 Å². The summed E-state index contributed by atoms with van der Waals surface area (Å²) >= 11 is 1.67. The van der Waals surface area contributed by atoms with Gasteiger partial charge in [0.1, 0.15) is 10.6 Å². The summed E-state index contributed by atoms with van der Waals surface area (Å²) in [5.74, 6) is 1.06. The van der Waals surface area contributed by atoms with Crippen LogP contribution in [0.1, 0.15) is 52.2 Å². The summed E-state index contributed by atoms with van der Waals surface area (Å²) in [7, 11) is 1.69. The van der Waals surface area contributed by atoms with Crippen molar-refractivity contribution in [1.29, 1.82) is 0 Å². The van der Waals surface area contributed by atoms with Crippen molar-refractivity contribution in [2.24, 2.45) is 0 Å². The summed E-state index contributed by atoms with van der Waals surface area (Å²) in [6.45, 7) is 1.81. The van der Waals surface area contributed by atoms with E-state index in [0.717, 1.165) is 49.4 Å². The van der Waals surface area contributed by atoms with E-state index in [4.69, 9.17) is 4.74 Å². The van der Waals surface area contributed by atoms with Gasteiger partial charge in [0.2, 0.25) is 0 Å². The van der Waals surface area contributed by atoms with Crippen molar-refractivity contribution < 1.29 is 9.53 Å². The van der Waals surface area contributed by atoms with E-state index in [1.165, 1.54) is 29.7 Å². The molecule has 1 aromatic rings. The van der Waals surface area contributed by atoms with E-state index < -0.39 is 0 Å². The first-order valence-corrected chi connectivity index (χ1v) is 8.10. The minimum Gasteiger partial charge on any atom is -0.495 e. The molecule has 0 atom stereocenters. The summed E-state index contributed by atoms with van der Waals surface area (Å²) in [6.07, 6.45) is 8.17. The first-order valence-electron chi connectivity index (χ1n) is 7.29. The molecule has 1 aliphatic heterocycles. The average molecular weight is 279 g/mol. The van der Waals surface area contributed by atoms with Crippen molar-refractivity contribution in [3.8, 4) is 5.75 Å². The number of aryl methyl sites for hydroxylation is 1. The average Bonchev–Trinajstić information content (AvgIpc) is 2.88. The highest BCUT2D eigenvalue weighted by Gasteiger charge is 2.29. The van der Waals surface area contributed by atoms with Gasteiger partial charge in [-0.25, -0.2) is 0 Å². The quantitative estimate of drug-likeness (QED) is 0.831. The predicted molar refractivity (Wildman–Crippen MR) is 77.3 cm³/mol. The summed E-state index contributed by atoms with van der Waals surface area (Å²) < 4.78 is 5.53. The zero-order valence-electron chi connectivity index (χ0n) is 11.5. The van der Waals surface area contributed by atoms with Gasteiger partial charge in [0.15, 0.2) is 0 Å². The zero-order chi connectivity index (χ0) is 13.2. The second kappa shape index (κ2) is 5.53. The molecule has 1 saturated heterocycles. The van der Waals surface area contributed by atoms with Crippen LogP contribution in [-0.2, 0) is 12.8 Å². The molecule has 0 N–H and O–H groups in total. The number of carbonyl (C=O) groups excluding carboxylic acids is 1. The molecule has 4 heteroatoms. The van der Waals surface area contributed by atoms with Gasteiger partial charge in [-0.3, -0.25) is 4.79 Å². The fraction of sp³-hybridized carbons (Fsp3) is 0.667. The van der Waals surface area contributed by atoms with Crippen LogP contribution >= 0.6 is 11.3 Å². The smallest absolute Gasteiger partial charge is 0.267 e. The Labute approximate surface area is 118 Å². The van der Waals surface area contributed by atoms with Crippen LogP contribution in [-0.4, -0.2) is 31.0 Å². The van der Waals surface area contributed by atoms with Crippen molar-refractivity contribution in [3.05, 3.63) is 15.3 Å². The number of ether oxygens (including phenoxy) is 1. The lowest BCUT2D eigenvalue weighted by Gasteiger charge is -2.20. The van der Waals surface area contributed by atoms with Crippen LogP contribution in [0.25, 0.3) is 0 Å². The number of methoxy groups -OCH3 is 1. The van der Waals surface area contributed by atoms with Crippen molar-refractivity contribution in [1.82, 2.24) is 4.90 Å². The highest BCUT2D eigenvalue weighted by molar-refractivity contribution is 7.14. The van der Waals surface area contributed by atoms with Crippen molar-refractivity contribution in [2.75, 3.05) is 20.2 Å². The Morgan fingerprint density at radius 3 is 2.53 bits per heavy atom. The first-order chi connectivity index (χ1) is 9.31. The van der Waals surface area contributed by atoms with Gasteiger partial charge in [-0.2, -0.15) is 0 Å². The minimum absolute atomic E-state index is 0.193. The third-order valence-electron chi connectivity index (χ3n) is 4.16. The number of hydrogen-bond donors (Lipinski definition) is 0. The molecular weight excluding hydrogens is 258 g/mol. The maximum Gasteiger partial charge on any atom is 0.267 e. The zero-order valence-corrected chi connectivity index (χ0v) is 12.4. The van der Waals surface area contributed by atoms with Crippen LogP contribution in [0.4, 0.5) is 0 Å². The Hall–Kier alpha value is -1.03. The van der Waals surface area contributed by atoms with Crippen molar-refractivity contribution >= 4 is 17.2 Å². The standard InChI is InChI=1S/C15H21NO2S/c1-18-13-11-7-6-8-12(11)19-14(13)15(17)16-9-4-2-3-5-10-16/h2-10H2,1H3. The molecule has 1 aromatic heterocycles. The lowest BCUT2D eigenvalue weighted by atomic mass is 10.2. The van der Waals surface area contributed by atoms with Crippen LogP contribution in [0.3, 0.4) is 0 Å². The van der Waals surface area contributed by atoms with Crippen molar-refractivity contribution in [3.63, 3.8) is 0 Å². The maximum atomic E-state index is 12.7. The fourth-order valence-electron chi connectivity index (χ4n) is 3.15. The molecule has 0 unspecified atom stereocenters. The van der Waals surface area contributed by atoms with Gasteiger partial charge in [0.25, 0.3) is 5.91 Å². The molecule has 0 radical (unpaired) electrons. The molecular formula is C15H21NO2S. The molecule has 2 aliphatic rings. The summed E-state index contributed by atoms with van der Waals surface area (Å²) in [4.78, 5) is 16.9. The molecule has 104 valence electrons. The Morgan fingerprint density at radius 2 is 1.84 bits per heavy atom. The first kappa shape index (κ1) is 13.0. The molecule has 0 aromatic carbocycles. The van der Waals surface area contributed by atoms with Crippen LogP contribution in [0, 0.1) is 0 Å². The lowest BCUT2D eigenvalue weighted by molar-refractivity contribution is 0.0763. The maximum absolute atomic E-state index is 12.7. The van der Waals surface area contributed by atoms with E-state index in [2.05, 4.69) is 0 Å². The number of fused-ring (bicyclic) bond motifs is 1. The molecule has 1 amide bonds. The van der Waals surface area contributed by atoms with E-state index in [0.29, 0.717) is 0 Å². The number of amides is 1. The number of nitrogens with zero attached hydrogens (tertiary/aromatic N) is 1. The molecule has 3 rings (SSSR count). The molecule has 3 nitrogen and oxygen atoms in total. The number of thiophene rings is 1. The van der Waals surface area contributed by atoms with Gasteiger partial charge in [-0.1, -0.05) is 12.8 Å². The minimum atomic E-state index is 0.193. The van der Waals surface area contributed by atoms with Crippen molar-refractivity contribution in [2.45, 2.75) is 44.9 Å². The van der Waals surface area contributed by atoms with Gasteiger partial charge >= 0.3 is 0 Å². The number of carbonyl (C=O) groups is 1. The third-order valence-corrected chi connectivity index (χ3v) is 5.43. The second-order valence-electron chi connectivity index (χ2n) is 5.43. The third kappa shape index (κ3) is 2.38. The van der Waals surface area contributed by atoms with E-state index in [9.17, 15) is 4.79 Å². The summed E-state index contributed by atoms with van der Waals surface area (Å²) in [5.41, 5.74) is 1.30. The molecule has 1 aliphatic carbocycles. The number of hydrogen-bond acceptors (Lipinski definition) is 3. The van der Waals surface area contributed by atoms with Gasteiger partial charge in [0.05, 0.1) is 7.11 Å². The van der Waals surface area contributed by atoms with E-state index in [1.807, 2.05) is 4.90 Å². The highest BCUT2D eigenvalue weighted by atomic mass is 32.1. The topological polar surface area (TPSA) is 29.5 Å². The molecule has 0 bridgehead atoms. The monoisotopic (exact) mass is 279 g/mol.